The summed E-state index contributed by atoms with van der Waals surface area (Å²) in [5.41, 5.74) is 3.76. The van der Waals surface area contributed by atoms with Crippen molar-refractivity contribution < 1.29 is 14.3 Å². The molecular weight excluding hydrogens is 498 g/mol. The number of rotatable bonds is 11. The normalized spacial score (nSPS) is 13.8. The van der Waals surface area contributed by atoms with E-state index in [-0.39, 0.29) is 11.8 Å². The van der Waals surface area contributed by atoms with Gasteiger partial charge in [-0.1, -0.05) is 54.1 Å². The molecule has 2 N–H and O–H groups in total. The fourth-order valence-electron chi connectivity index (χ4n) is 4.86. The van der Waals surface area contributed by atoms with Crippen molar-refractivity contribution in [1.82, 2.24) is 5.32 Å². The minimum Gasteiger partial charge on any atom is -0.382 e. The number of nitrogens with one attached hydrogen (secondary N) is 2. The number of benzene rings is 3. The van der Waals surface area contributed by atoms with Crippen LogP contribution in [0, 0.1) is 5.92 Å². The SMILES string of the molecule is CCOCCCNC(=O)c1cc(NC(=O)c2ccccc2Cl)ccc1N1CCC(Cc2ccccc2)CC1. The van der Waals surface area contributed by atoms with Gasteiger partial charge in [0.15, 0.2) is 0 Å². The van der Waals surface area contributed by atoms with Crippen molar-refractivity contribution in [2.75, 3.05) is 43.1 Å². The molecule has 0 atom stereocenters. The summed E-state index contributed by atoms with van der Waals surface area (Å²) in [6.07, 6.45) is 3.95. The lowest BCUT2D eigenvalue weighted by Gasteiger charge is -2.35. The fraction of sp³-hybridized carbons (Fsp3) is 0.355. The maximum absolute atomic E-state index is 13.3. The number of piperidine rings is 1. The lowest BCUT2D eigenvalue weighted by molar-refractivity contribution is 0.0943. The zero-order valence-corrected chi connectivity index (χ0v) is 22.7. The molecule has 2 amide bonds. The number of carbonyl (C=O) groups excluding carboxylic acids is 2. The number of hydrogen-bond donors (Lipinski definition) is 2. The summed E-state index contributed by atoms with van der Waals surface area (Å²) in [7, 11) is 0. The Kier molecular flexibility index (Phi) is 10.2. The first-order valence-electron chi connectivity index (χ1n) is 13.4. The van der Waals surface area contributed by atoms with Gasteiger partial charge in [0, 0.05) is 44.2 Å². The van der Waals surface area contributed by atoms with Crippen molar-refractivity contribution in [2.24, 2.45) is 5.92 Å². The minimum absolute atomic E-state index is 0.156. The number of amides is 2. The van der Waals surface area contributed by atoms with E-state index >= 15 is 0 Å². The summed E-state index contributed by atoms with van der Waals surface area (Å²) >= 11 is 6.21. The Hall–Kier alpha value is -3.35. The van der Waals surface area contributed by atoms with Gasteiger partial charge >= 0.3 is 0 Å². The fourth-order valence-corrected chi connectivity index (χ4v) is 5.08. The molecule has 3 aromatic rings. The van der Waals surface area contributed by atoms with Crippen LogP contribution >= 0.6 is 11.6 Å². The Labute approximate surface area is 230 Å². The highest BCUT2D eigenvalue weighted by Crippen LogP contribution is 2.30. The third kappa shape index (κ3) is 7.59. The van der Waals surface area contributed by atoms with Crippen molar-refractivity contribution in [2.45, 2.75) is 32.6 Å². The highest BCUT2D eigenvalue weighted by atomic mass is 35.5. The molecule has 38 heavy (non-hydrogen) atoms. The van der Waals surface area contributed by atoms with Gasteiger partial charge in [-0.2, -0.15) is 0 Å². The molecule has 0 radical (unpaired) electrons. The highest BCUT2D eigenvalue weighted by Gasteiger charge is 2.24. The van der Waals surface area contributed by atoms with E-state index in [0.717, 1.165) is 44.5 Å². The van der Waals surface area contributed by atoms with Crippen LogP contribution in [0.1, 0.15) is 52.5 Å². The monoisotopic (exact) mass is 533 g/mol. The van der Waals surface area contributed by atoms with Crippen LogP contribution in [0.25, 0.3) is 0 Å². The Bertz CT molecular complexity index is 1210. The van der Waals surface area contributed by atoms with E-state index in [1.54, 1.807) is 30.3 Å². The van der Waals surface area contributed by atoms with Gasteiger partial charge in [-0.15, -0.1) is 0 Å². The molecular formula is C31H36ClN3O3. The maximum atomic E-state index is 13.3. The molecule has 4 rings (SSSR count). The molecule has 0 aromatic heterocycles. The molecule has 1 aliphatic heterocycles. The number of anilines is 2. The first kappa shape index (κ1) is 27.7. The van der Waals surface area contributed by atoms with E-state index in [2.05, 4.69) is 45.9 Å². The topological polar surface area (TPSA) is 70.7 Å². The second-order valence-electron chi connectivity index (χ2n) is 9.59. The van der Waals surface area contributed by atoms with Crippen LogP contribution in [0.5, 0.6) is 0 Å². The minimum atomic E-state index is -0.312. The van der Waals surface area contributed by atoms with E-state index in [4.69, 9.17) is 16.3 Å². The first-order chi connectivity index (χ1) is 18.5. The Morgan fingerprint density at radius 3 is 2.42 bits per heavy atom. The standard InChI is InChI=1S/C31H36ClN3O3/c1-2-38-20-8-17-33-30(36)27-22-25(34-31(37)26-11-6-7-12-28(26)32)13-14-29(27)35-18-15-24(16-19-35)21-23-9-4-3-5-10-23/h3-7,9-14,22,24H,2,8,15-21H2,1H3,(H,33,36)(H,34,37). The predicted molar refractivity (Wildman–Crippen MR) is 154 cm³/mol. The number of ether oxygens (including phenoxy) is 1. The number of carbonyl (C=O) groups is 2. The first-order valence-corrected chi connectivity index (χ1v) is 13.8. The molecule has 0 unspecified atom stereocenters. The molecule has 1 saturated heterocycles. The maximum Gasteiger partial charge on any atom is 0.257 e. The summed E-state index contributed by atoms with van der Waals surface area (Å²) in [4.78, 5) is 28.4. The number of halogens is 1. The van der Waals surface area contributed by atoms with Crippen molar-refractivity contribution in [3.8, 4) is 0 Å². The molecule has 0 aliphatic carbocycles. The quantitative estimate of drug-likeness (QED) is 0.287. The van der Waals surface area contributed by atoms with Crippen LogP contribution in [-0.4, -0.2) is 44.7 Å². The lowest BCUT2D eigenvalue weighted by Crippen LogP contribution is -2.36. The number of hydrogen-bond acceptors (Lipinski definition) is 4. The third-order valence-electron chi connectivity index (χ3n) is 6.90. The van der Waals surface area contributed by atoms with Crippen LogP contribution < -0.4 is 15.5 Å². The van der Waals surface area contributed by atoms with Gasteiger partial charge in [0.2, 0.25) is 0 Å². The van der Waals surface area contributed by atoms with Gasteiger partial charge in [0.05, 0.1) is 16.1 Å². The average molecular weight is 534 g/mol. The van der Waals surface area contributed by atoms with E-state index < -0.39 is 0 Å². The van der Waals surface area contributed by atoms with Gasteiger partial charge in [-0.25, -0.2) is 0 Å². The molecule has 0 bridgehead atoms. The highest BCUT2D eigenvalue weighted by molar-refractivity contribution is 6.34. The largest absolute Gasteiger partial charge is 0.382 e. The van der Waals surface area contributed by atoms with E-state index in [9.17, 15) is 9.59 Å². The Balaban J connectivity index is 1.47. The van der Waals surface area contributed by atoms with Crippen LogP contribution in [0.2, 0.25) is 5.02 Å². The predicted octanol–water partition coefficient (Wildman–Crippen LogP) is 6.21. The van der Waals surface area contributed by atoms with Gasteiger partial charge in [-0.3, -0.25) is 9.59 Å². The van der Waals surface area contributed by atoms with Crippen LogP contribution in [0.3, 0.4) is 0 Å². The Morgan fingerprint density at radius 2 is 1.68 bits per heavy atom. The third-order valence-corrected chi connectivity index (χ3v) is 7.22. The van der Waals surface area contributed by atoms with Crippen molar-refractivity contribution in [3.63, 3.8) is 0 Å². The summed E-state index contributed by atoms with van der Waals surface area (Å²) in [5.74, 6) is 0.156. The zero-order chi connectivity index (χ0) is 26.7. The lowest BCUT2D eigenvalue weighted by atomic mass is 9.89. The molecule has 1 aliphatic rings. The average Bonchev–Trinajstić information content (AvgIpc) is 2.94. The zero-order valence-electron chi connectivity index (χ0n) is 21.9. The Morgan fingerprint density at radius 1 is 0.947 bits per heavy atom. The summed E-state index contributed by atoms with van der Waals surface area (Å²) in [5, 5.41) is 6.30. The van der Waals surface area contributed by atoms with Crippen molar-refractivity contribution in [3.05, 3.63) is 94.5 Å². The van der Waals surface area contributed by atoms with Crippen LogP contribution in [0.15, 0.2) is 72.8 Å². The molecule has 3 aromatic carbocycles. The van der Waals surface area contributed by atoms with Crippen LogP contribution in [0.4, 0.5) is 11.4 Å². The van der Waals surface area contributed by atoms with E-state index in [1.807, 2.05) is 19.1 Å². The van der Waals surface area contributed by atoms with Crippen molar-refractivity contribution >= 4 is 34.8 Å². The second-order valence-corrected chi connectivity index (χ2v) is 10.00. The van der Waals surface area contributed by atoms with Gasteiger partial charge in [-0.05, 0) is 74.4 Å². The van der Waals surface area contributed by atoms with Crippen LogP contribution in [-0.2, 0) is 11.2 Å². The summed E-state index contributed by atoms with van der Waals surface area (Å²) in [6, 6.07) is 23.1. The second kappa shape index (κ2) is 14.0. The molecule has 7 heteroatoms. The van der Waals surface area contributed by atoms with Gasteiger partial charge in [0.1, 0.15) is 0 Å². The molecule has 0 saturated carbocycles. The van der Waals surface area contributed by atoms with E-state index in [1.165, 1.54) is 5.56 Å². The summed E-state index contributed by atoms with van der Waals surface area (Å²) < 4.78 is 5.39. The summed E-state index contributed by atoms with van der Waals surface area (Å²) in [6.45, 7) is 5.50. The van der Waals surface area contributed by atoms with E-state index in [0.29, 0.717) is 47.5 Å². The van der Waals surface area contributed by atoms with Crippen molar-refractivity contribution in [1.29, 1.82) is 0 Å². The van der Waals surface area contributed by atoms with Gasteiger partial charge in [0.25, 0.3) is 11.8 Å². The number of nitrogens with zero attached hydrogens (tertiary/aromatic N) is 1. The smallest absolute Gasteiger partial charge is 0.257 e. The molecule has 0 spiro atoms. The molecule has 6 nitrogen and oxygen atoms in total. The van der Waals surface area contributed by atoms with Gasteiger partial charge < -0.3 is 20.3 Å². The molecule has 200 valence electrons. The molecule has 1 heterocycles. The molecule has 1 fully saturated rings.